The normalized spacial score (nSPS) is 14.7. The number of para-hydroxylation sites is 4. The fraction of sp³-hybridized carbons (Fsp3) is 0.0682. The molecule has 0 unspecified atom stereocenters. The summed E-state index contributed by atoms with van der Waals surface area (Å²) >= 11 is 0. The molecule has 7 rings (SSSR count). The van der Waals surface area contributed by atoms with E-state index in [1.54, 1.807) is 0 Å². The standard InChI is InChI=1S/C44H36N2O/c47-44-36(32-34-24-28-42(29-25-34)45(38-16-5-1-6-17-38)39-18-7-2-8-19-39)14-13-15-37(44)33-35-26-30-43(31-27-35)46(40-20-9-3-10-21-40)41-22-11-4-12-23-41/h1-12,16-33H,13-15H2. The van der Waals surface area contributed by atoms with Crippen LogP contribution in [0.15, 0.2) is 181 Å². The number of hydrogen-bond donors (Lipinski definition) is 0. The second-order valence-corrected chi connectivity index (χ2v) is 11.7. The molecule has 1 fully saturated rings. The summed E-state index contributed by atoms with van der Waals surface area (Å²) in [6, 6.07) is 58.5. The smallest absolute Gasteiger partial charge is 0.185 e. The average Bonchev–Trinajstić information content (AvgIpc) is 3.13. The summed E-state index contributed by atoms with van der Waals surface area (Å²) in [6.45, 7) is 0. The van der Waals surface area contributed by atoms with E-state index in [0.29, 0.717) is 0 Å². The van der Waals surface area contributed by atoms with Crippen LogP contribution in [-0.2, 0) is 4.79 Å². The Hall–Kier alpha value is -5.93. The van der Waals surface area contributed by atoms with Crippen molar-refractivity contribution >= 4 is 52.1 Å². The van der Waals surface area contributed by atoms with E-state index >= 15 is 0 Å². The molecule has 3 heteroatoms. The predicted octanol–water partition coefficient (Wildman–Crippen LogP) is 11.8. The van der Waals surface area contributed by atoms with Gasteiger partial charge in [-0.2, -0.15) is 0 Å². The van der Waals surface area contributed by atoms with Crippen LogP contribution in [0.3, 0.4) is 0 Å². The Morgan fingerprint density at radius 3 is 0.936 bits per heavy atom. The number of anilines is 6. The molecule has 0 bridgehead atoms. The molecule has 0 saturated heterocycles. The van der Waals surface area contributed by atoms with Crippen molar-refractivity contribution in [3.8, 4) is 0 Å². The van der Waals surface area contributed by atoms with Gasteiger partial charge in [0, 0.05) is 45.3 Å². The van der Waals surface area contributed by atoms with Gasteiger partial charge in [0.05, 0.1) is 0 Å². The molecule has 47 heavy (non-hydrogen) atoms. The van der Waals surface area contributed by atoms with Crippen LogP contribution in [0.25, 0.3) is 12.2 Å². The molecule has 0 radical (unpaired) electrons. The van der Waals surface area contributed by atoms with Crippen LogP contribution in [0.4, 0.5) is 34.1 Å². The first-order valence-corrected chi connectivity index (χ1v) is 16.2. The van der Waals surface area contributed by atoms with Gasteiger partial charge in [-0.05, 0) is 115 Å². The van der Waals surface area contributed by atoms with Gasteiger partial charge in [-0.15, -0.1) is 0 Å². The lowest BCUT2D eigenvalue weighted by atomic mass is 9.87. The van der Waals surface area contributed by atoms with E-state index in [1.807, 2.05) is 24.3 Å². The molecule has 228 valence electrons. The molecule has 0 aromatic heterocycles. The molecule has 6 aromatic rings. The van der Waals surface area contributed by atoms with Crippen molar-refractivity contribution in [3.63, 3.8) is 0 Å². The Morgan fingerprint density at radius 1 is 0.362 bits per heavy atom. The highest BCUT2D eigenvalue weighted by molar-refractivity contribution is 6.14. The van der Waals surface area contributed by atoms with Crippen molar-refractivity contribution in [2.75, 3.05) is 9.80 Å². The molecular weight excluding hydrogens is 572 g/mol. The third-order valence-electron chi connectivity index (χ3n) is 8.52. The van der Waals surface area contributed by atoms with Crippen LogP contribution >= 0.6 is 0 Å². The van der Waals surface area contributed by atoms with Gasteiger partial charge in [0.15, 0.2) is 5.78 Å². The Labute approximate surface area is 277 Å². The highest BCUT2D eigenvalue weighted by Crippen LogP contribution is 2.36. The summed E-state index contributed by atoms with van der Waals surface area (Å²) in [4.78, 5) is 18.2. The Bertz CT molecular complexity index is 1760. The predicted molar refractivity (Wildman–Crippen MR) is 197 cm³/mol. The minimum atomic E-state index is 0.148. The molecule has 1 aliphatic rings. The first-order valence-electron chi connectivity index (χ1n) is 16.2. The zero-order chi connectivity index (χ0) is 31.8. The van der Waals surface area contributed by atoms with E-state index in [4.69, 9.17) is 0 Å². The van der Waals surface area contributed by atoms with Gasteiger partial charge in [-0.1, -0.05) is 97.1 Å². The Kier molecular flexibility index (Phi) is 8.87. The number of ketones is 1. The SMILES string of the molecule is O=C1C(=Cc2ccc(N(c3ccccc3)c3ccccc3)cc2)CCCC1=Cc1ccc(N(c2ccccc2)c2ccccc2)cc1. The van der Waals surface area contributed by atoms with Gasteiger partial charge < -0.3 is 9.80 Å². The van der Waals surface area contributed by atoms with Crippen LogP contribution in [0.1, 0.15) is 30.4 Å². The number of nitrogens with zero attached hydrogens (tertiary/aromatic N) is 2. The van der Waals surface area contributed by atoms with Gasteiger partial charge in [0.25, 0.3) is 0 Å². The maximum atomic E-state index is 13.7. The van der Waals surface area contributed by atoms with Crippen LogP contribution in [0, 0.1) is 0 Å². The fourth-order valence-corrected chi connectivity index (χ4v) is 6.22. The first kappa shape index (κ1) is 29.8. The Balaban J connectivity index is 1.11. The van der Waals surface area contributed by atoms with Gasteiger partial charge in [0.2, 0.25) is 0 Å². The number of hydrogen-bond acceptors (Lipinski definition) is 3. The molecule has 0 N–H and O–H groups in total. The average molecular weight is 609 g/mol. The molecule has 3 nitrogen and oxygen atoms in total. The number of rotatable bonds is 8. The quantitative estimate of drug-likeness (QED) is 0.161. The topological polar surface area (TPSA) is 23.6 Å². The summed E-state index contributed by atoms with van der Waals surface area (Å²) in [5.41, 5.74) is 10.3. The maximum absolute atomic E-state index is 13.7. The first-order chi connectivity index (χ1) is 23.2. The molecule has 0 atom stereocenters. The lowest BCUT2D eigenvalue weighted by Gasteiger charge is -2.25. The van der Waals surface area contributed by atoms with Crippen molar-refractivity contribution in [1.29, 1.82) is 0 Å². The molecule has 0 aliphatic heterocycles. The van der Waals surface area contributed by atoms with Crippen LogP contribution in [0.2, 0.25) is 0 Å². The van der Waals surface area contributed by atoms with Crippen molar-refractivity contribution in [2.24, 2.45) is 0 Å². The second kappa shape index (κ2) is 14.0. The lowest BCUT2D eigenvalue weighted by molar-refractivity contribution is -0.112. The molecule has 6 aromatic carbocycles. The second-order valence-electron chi connectivity index (χ2n) is 11.7. The molecule has 0 spiro atoms. The van der Waals surface area contributed by atoms with E-state index in [0.717, 1.165) is 75.7 Å². The lowest BCUT2D eigenvalue weighted by Crippen LogP contribution is -2.12. The summed E-state index contributed by atoms with van der Waals surface area (Å²) in [5.74, 6) is 0.148. The van der Waals surface area contributed by atoms with Crippen molar-refractivity contribution in [3.05, 3.63) is 192 Å². The number of benzene rings is 6. The highest BCUT2D eigenvalue weighted by atomic mass is 16.1. The maximum Gasteiger partial charge on any atom is 0.185 e. The summed E-state index contributed by atoms with van der Waals surface area (Å²) in [7, 11) is 0. The molecule has 0 heterocycles. The number of allylic oxidation sites excluding steroid dienone is 2. The molecule has 1 aliphatic carbocycles. The van der Waals surface area contributed by atoms with E-state index in [9.17, 15) is 4.79 Å². The third-order valence-corrected chi connectivity index (χ3v) is 8.52. The number of carbonyl (C=O) groups is 1. The van der Waals surface area contributed by atoms with Gasteiger partial charge in [-0.25, -0.2) is 0 Å². The summed E-state index contributed by atoms with van der Waals surface area (Å²) < 4.78 is 0. The van der Waals surface area contributed by atoms with Gasteiger partial charge >= 0.3 is 0 Å². The number of Topliss-reactive ketones (excluding diaryl/α,β-unsaturated/α-hetero) is 1. The zero-order valence-corrected chi connectivity index (χ0v) is 26.2. The minimum absolute atomic E-state index is 0.148. The summed E-state index contributed by atoms with van der Waals surface area (Å²) in [6.07, 6.45) is 6.68. The Morgan fingerprint density at radius 2 is 0.638 bits per heavy atom. The molecular formula is C44H36N2O. The van der Waals surface area contributed by atoms with Crippen molar-refractivity contribution in [1.82, 2.24) is 0 Å². The monoisotopic (exact) mass is 608 g/mol. The van der Waals surface area contributed by atoms with Gasteiger partial charge in [-0.3, -0.25) is 4.79 Å². The van der Waals surface area contributed by atoms with E-state index in [1.165, 1.54) is 0 Å². The van der Waals surface area contributed by atoms with Crippen LogP contribution in [0.5, 0.6) is 0 Å². The van der Waals surface area contributed by atoms with Crippen LogP contribution in [-0.4, -0.2) is 5.78 Å². The van der Waals surface area contributed by atoms with E-state index in [2.05, 4.69) is 168 Å². The fourth-order valence-electron chi connectivity index (χ4n) is 6.22. The molecule has 1 saturated carbocycles. The summed E-state index contributed by atoms with van der Waals surface area (Å²) in [5, 5.41) is 0. The van der Waals surface area contributed by atoms with Crippen molar-refractivity contribution < 1.29 is 4.79 Å². The third kappa shape index (κ3) is 6.85. The largest absolute Gasteiger partial charge is 0.311 e. The van der Waals surface area contributed by atoms with Crippen LogP contribution < -0.4 is 9.80 Å². The number of carbonyl (C=O) groups excluding carboxylic acids is 1. The molecule has 0 amide bonds. The van der Waals surface area contributed by atoms with E-state index < -0.39 is 0 Å². The minimum Gasteiger partial charge on any atom is -0.311 e. The van der Waals surface area contributed by atoms with Crippen molar-refractivity contribution in [2.45, 2.75) is 19.3 Å². The van der Waals surface area contributed by atoms with E-state index in [-0.39, 0.29) is 5.78 Å². The van der Waals surface area contributed by atoms with Gasteiger partial charge in [0.1, 0.15) is 0 Å². The zero-order valence-electron chi connectivity index (χ0n) is 26.2. The highest BCUT2D eigenvalue weighted by Gasteiger charge is 2.21.